The minimum atomic E-state index is -0.437. The number of para-hydroxylation sites is 1. The van der Waals surface area contributed by atoms with Crippen molar-refractivity contribution in [2.45, 2.75) is 59.1 Å². The van der Waals surface area contributed by atoms with Crippen LogP contribution in [0, 0.1) is 6.92 Å². The van der Waals surface area contributed by atoms with Crippen LogP contribution in [0.3, 0.4) is 0 Å². The van der Waals surface area contributed by atoms with Crippen LogP contribution in [0.1, 0.15) is 45.2 Å². The van der Waals surface area contributed by atoms with Crippen molar-refractivity contribution in [1.82, 2.24) is 4.90 Å². The predicted octanol–water partition coefficient (Wildman–Crippen LogP) is 3.98. The molecule has 1 unspecified atom stereocenters. The SMILES string of the molecule is CCc1cccc(C)c1NC1CCN(C(=O)OC(C)(C)C)C1. The summed E-state index contributed by atoms with van der Waals surface area (Å²) in [5.74, 6) is 0. The molecule has 1 aromatic carbocycles. The fourth-order valence-corrected chi connectivity index (χ4v) is 2.80. The lowest BCUT2D eigenvalue weighted by atomic mass is 10.0. The van der Waals surface area contributed by atoms with Crippen LogP contribution in [-0.4, -0.2) is 35.7 Å². The minimum Gasteiger partial charge on any atom is -0.444 e. The summed E-state index contributed by atoms with van der Waals surface area (Å²) in [6.07, 6.45) is 1.75. The van der Waals surface area contributed by atoms with Gasteiger partial charge in [0.2, 0.25) is 0 Å². The molecule has 122 valence electrons. The normalized spacial score (nSPS) is 18.4. The monoisotopic (exact) mass is 304 g/mol. The van der Waals surface area contributed by atoms with Crippen LogP contribution in [0.25, 0.3) is 0 Å². The van der Waals surface area contributed by atoms with Crippen LogP contribution in [0.4, 0.5) is 10.5 Å². The lowest BCUT2D eigenvalue weighted by molar-refractivity contribution is 0.0293. The molecule has 1 saturated heterocycles. The summed E-state index contributed by atoms with van der Waals surface area (Å²) in [7, 11) is 0. The summed E-state index contributed by atoms with van der Waals surface area (Å²) in [5, 5.41) is 3.63. The van der Waals surface area contributed by atoms with E-state index in [2.05, 4.69) is 37.4 Å². The third-order valence-corrected chi connectivity index (χ3v) is 3.93. The second-order valence-electron chi connectivity index (χ2n) is 7.02. The average molecular weight is 304 g/mol. The van der Waals surface area contributed by atoms with Gasteiger partial charge in [-0.25, -0.2) is 4.79 Å². The molecule has 0 aromatic heterocycles. The van der Waals surface area contributed by atoms with Crippen molar-refractivity contribution in [2.75, 3.05) is 18.4 Å². The molecule has 1 heterocycles. The first kappa shape index (κ1) is 16.7. The molecular formula is C18H28N2O2. The van der Waals surface area contributed by atoms with Crippen molar-refractivity contribution in [3.05, 3.63) is 29.3 Å². The molecule has 1 aromatic rings. The zero-order chi connectivity index (χ0) is 16.3. The highest BCUT2D eigenvalue weighted by Crippen LogP contribution is 2.25. The molecule has 1 atom stereocenters. The third kappa shape index (κ3) is 4.15. The van der Waals surface area contributed by atoms with Gasteiger partial charge < -0.3 is 15.0 Å². The molecule has 0 spiro atoms. The van der Waals surface area contributed by atoms with E-state index >= 15 is 0 Å². The number of rotatable bonds is 3. The summed E-state index contributed by atoms with van der Waals surface area (Å²) in [5.41, 5.74) is 3.38. The van der Waals surface area contributed by atoms with Crippen LogP contribution in [0.2, 0.25) is 0 Å². The molecule has 1 fully saturated rings. The minimum absolute atomic E-state index is 0.211. The fourth-order valence-electron chi connectivity index (χ4n) is 2.80. The number of likely N-dealkylation sites (tertiary alicyclic amines) is 1. The molecule has 1 N–H and O–H groups in total. The zero-order valence-corrected chi connectivity index (χ0v) is 14.4. The summed E-state index contributed by atoms with van der Waals surface area (Å²) < 4.78 is 5.45. The van der Waals surface area contributed by atoms with Crippen molar-refractivity contribution in [2.24, 2.45) is 0 Å². The van der Waals surface area contributed by atoms with Gasteiger partial charge in [0, 0.05) is 24.8 Å². The Bertz CT molecular complexity index is 534. The molecule has 1 amide bonds. The highest BCUT2D eigenvalue weighted by molar-refractivity contribution is 5.69. The highest BCUT2D eigenvalue weighted by Gasteiger charge is 2.30. The Balaban J connectivity index is 1.99. The van der Waals surface area contributed by atoms with Gasteiger partial charge in [-0.3, -0.25) is 0 Å². The second-order valence-corrected chi connectivity index (χ2v) is 7.02. The summed E-state index contributed by atoms with van der Waals surface area (Å²) in [4.78, 5) is 13.9. The number of benzene rings is 1. The van der Waals surface area contributed by atoms with Gasteiger partial charge >= 0.3 is 6.09 Å². The Hall–Kier alpha value is -1.71. The number of hydrogen-bond donors (Lipinski definition) is 1. The van der Waals surface area contributed by atoms with E-state index in [4.69, 9.17) is 4.74 Å². The van der Waals surface area contributed by atoms with Gasteiger partial charge in [0.25, 0.3) is 0 Å². The van der Waals surface area contributed by atoms with E-state index in [1.54, 1.807) is 4.90 Å². The van der Waals surface area contributed by atoms with E-state index < -0.39 is 5.60 Å². The summed E-state index contributed by atoms with van der Waals surface area (Å²) in [6, 6.07) is 6.68. The van der Waals surface area contributed by atoms with Gasteiger partial charge in [-0.2, -0.15) is 0 Å². The maximum atomic E-state index is 12.1. The fraction of sp³-hybridized carbons (Fsp3) is 0.611. The molecule has 0 radical (unpaired) electrons. The highest BCUT2D eigenvalue weighted by atomic mass is 16.6. The number of nitrogens with one attached hydrogen (secondary N) is 1. The molecule has 0 saturated carbocycles. The zero-order valence-electron chi connectivity index (χ0n) is 14.4. The standard InChI is InChI=1S/C18H28N2O2/c1-6-14-9-7-8-13(2)16(14)19-15-10-11-20(12-15)17(21)22-18(3,4)5/h7-9,15,19H,6,10-12H2,1-5H3. The van der Waals surface area contributed by atoms with Crippen LogP contribution in [-0.2, 0) is 11.2 Å². The van der Waals surface area contributed by atoms with E-state index in [1.807, 2.05) is 20.8 Å². The Labute approximate surface area is 133 Å². The van der Waals surface area contributed by atoms with E-state index in [-0.39, 0.29) is 6.09 Å². The molecule has 1 aliphatic heterocycles. The molecule has 4 nitrogen and oxygen atoms in total. The van der Waals surface area contributed by atoms with Crippen molar-refractivity contribution < 1.29 is 9.53 Å². The molecular weight excluding hydrogens is 276 g/mol. The Morgan fingerprint density at radius 1 is 1.41 bits per heavy atom. The number of hydrogen-bond acceptors (Lipinski definition) is 3. The lowest BCUT2D eigenvalue weighted by Gasteiger charge is -2.25. The van der Waals surface area contributed by atoms with Gasteiger partial charge in [-0.1, -0.05) is 25.1 Å². The van der Waals surface area contributed by atoms with E-state index in [0.717, 1.165) is 19.4 Å². The van der Waals surface area contributed by atoms with Crippen molar-refractivity contribution >= 4 is 11.8 Å². The predicted molar refractivity (Wildman–Crippen MR) is 90.4 cm³/mol. The van der Waals surface area contributed by atoms with Crippen molar-refractivity contribution in [3.8, 4) is 0 Å². The number of anilines is 1. The van der Waals surface area contributed by atoms with Crippen molar-refractivity contribution in [1.29, 1.82) is 0 Å². The van der Waals surface area contributed by atoms with Gasteiger partial charge in [-0.05, 0) is 51.7 Å². The van der Waals surface area contributed by atoms with E-state index in [9.17, 15) is 4.79 Å². The topological polar surface area (TPSA) is 41.6 Å². The van der Waals surface area contributed by atoms with E-state index in [0.29, 0.717) is 12.6 Å². The molecule has 22 heavy (non-hydrogen) atoms. The number of carbonyl (C=O) groups is 1. The number of carbonyl (C=O) groups excluding carboxylic acids is 1. The molecule has 4 heteroatoms. The van der Waals surface area contributed by atoms with E-state index in [1.165, 1.54) is 16.8 Å². The summed E-state index contributed by atoms with van der Waals surface area (Å²) >= 11 is 0. The molecule has 0 aliphatic carbocycles. The second kappa shape index (κ2) is 6.59. The van der Waals surface area contributed by atoms with Crippen LogP contribution in [0.15, 0.2) is 18.2 Å². The first-order chi connectivity index (χ1) is 10.3. The molecule has 1 aliphatic rings. The van der Waals surface area contributed by atoms with Crippen LogP contribution >= 0.6 is 0 Å². The van der Waals surface area contributed by atoms with Crippen molar-refractivity contribution in [3.63, 3.8) is 0 Å². The molecule has 0 bridgehead atoms. The first-order valence-corrected chi connectivity index (χ1v) is 8.13. The van der Waals surface area contributed by atoms with Crippen LogP contribution < -0.4 is 5.32 Å². The third-order valence-electron chi connectivity index (χ3n) is 3.93. The number of amides is 1. The first-order valence-electron chi connectivity index (χ1n) is 8.13. The number of nitrogens with zero attached hydrogens (tertiary/aromatic N) is 1. The lowest BCUT2D eigenvalue weighted by Crippen LogP contribution is -2.36. The van der Waals surface area contributed by atoms with Gasteiger partial charge in [0.15, 0.2) is 0 Å². The van der Waals surface area contributed by atoms with Gasteiger partial charge in [-0.15, -0.1) is 0 Å². The Morgan fingerprint density at radius 2 is 2.14 bits per heavy atom. The quantitative estimate of drug-likeness (QED) is 0.918. The Morgan fingerprint density at radius 3 is 2.77 bits per heavy atom. The number of aryl methyl sites for hydroxylation is 2. The summed E-state index contributed by atoms with van der Waals surface area (Å²) in [6.45, 7) is 11.4. The van der Waals surface area contributed by atoms with Gasteiger partial charge in [0.1, 0.15) is 5.60 Å². The van der Waals surface area contributed by atoms with Gasteiger partial charge in [0.05, 0.1) is 0 Å². The smallest absolute Gasteiger partial charge is 0.410 e. The average Bonchev–Trinajstić information content (AvgIpc) is 2.88. The van der Waals surface area contributed by atoms with Crippen LogP contribution in [0.5, 0.6) is 0 Å². The maximum absolute atomic E-state index is 12.1. The Kier molecular flexibility index (Phi) is 4.99. The maximum Gasteiger partial charge on any atom is 0.410 e. The number of ether oxygens (including phenoxy) is 1. The molecule has 2 rings (SSSR count). The largest absolute Gasteiger partial charge is 0.444 e.